The van der Waals surface area contributed by atoms with Gasteiger partial charge in [-0.3, -0.25) is 9.48 Å². The molecule has 6 heteroatoms. The van der Waals surface area contributed by atoms with Crippen LogP contribution in [0.1, 0.15) is 27.3 Å². The largest absolute Gasteiger partial charge is 0.382 e. The molecule has 0 saturated carbocycles. The number of nitrogens with zero attached hydrogens (tertiary/aromatic N) is 3. The topological polar surface area (TPSA) is 85.8 Å². The van der Waals surface area contributed by atoms with Gasteiger partial charge in [-0.05, 0) is 36.2 Å². The van der Waals surface area contributed by atoms with Gasteiger partial charge < -0.3 is 11.1 Å². The number of nitrogens with one attached hydrogen (secondary N) is 1. The van der Waals surface area contributed by atoms with Crippen LogP contribution in [-0.2, 0) is 20.0 Å². The third kappa shape index (κ3) is 4.03. The monoisotopic (exact) mass is 335 g/mol. The van der Waals surface area contributed by atoms with Crippen molar-refractivity contribution in [2.75, 3.05) is 11.1 Å². The van der Waals surface area contributed by atoms with Crippen LogP contribution in [0.2, 0.25) is 0 Å². The van der Waals surface area contributed by atoms with E-state index in [0.29, 0.717) is 24.5 Å². The minimum atomic E-state index is 0.0188. The molecule has 128 valence electrons. The fourth-order valence-corrected chi connectivity index (χ4v) is 2.59. The number of anilines is 2. The molecule has 2 heterocycles. The summed E-state index contributed by atoms with van der Waals surface area (Å²) in [5.74, 6) is 0.490. The summed E-state index contributed by atoms with van der Waals surface area (Å²) in [6.07, 6.45) is 1.99. The predicted octanol–water partition coefficient (Wildman–Crippen LogP) is 2.74. The number of aromatic nitrogens is 3. The summed E-state index contributed by atoms with van der Waals surface area (Å²) >= 11 is 0. The molecule has 25 heavy (non-hydrogen) atoms. The molecule has 3 rings (SSSR count). The fourth-order valence-electron chi connectivity index (χ4n) is 2.59. The molecule has 0 amide bonds. The van der Waals surface area contributed by atoms with Crippen molar-refractivity contribution in [1.82, 2.24) is 14.8 Å². The Bertz CT molecular complexity index is 881. The normalized spacial score (nSPS) is 10.6. The molecule has 3 aromatic rings. The van der Waals surface area contributed by atoms with Gasteiger partial charge in [0.15, 0.2) is 5.78 Å². The van der Waals surface area contributed by atoms with Gasteiger partial charge >= 0.3 is 0 Å². The number of nitrogens with two attached hydrogens (primary N) is 1. The summed E-state index contributed by atoms with van der Waals surface area (Å²) in [6.45, 7) is 2.54. The maximum atomic E-state index is 12.4. The quantitative estimate of drug-likeness (QED) is 0.677. The van der Waals surface area contributed by atoms with Crippen molar-refractivity contribution in [2.45, 2.75) is 19.9 Å². The van der Waals surface area contributed by atoms with E-state index in [1.807, 2.05) is 56.4 Å². The smallest absolute Gasteiger partial charge is 0.187 e. The number of rotatable bonds is 6. The highest BCUT2D eigenvalue weighted by molar-refractivity contribution is 5.95. The number of hydrogen-bond acceptors (Lipinski definition) is 5. The second-order valence-corrected chi connectivity index (χ2v) is 6.00. The van der Waals surface area contributed by atoms with Gasteiger partial charge in [0.25, 0.3) is 0 Å². The van der Waals surface area contributed by atoms with Gasteiger partial charge in [-0.15, -0.1) is 0 Å². The Morgan fingerprint density at radius 2 is 2.00 bits per heavy atom. The van der Waals surface area contributed by atoms with Gasteiger partial charge in [-0.2, -0.15) is 5.10 Å². The van der Waals surface area contributed by atoms with E-state index in [2.05, 4.69) is 15.4 Å². The van der Waals surface area contributed by atoms with Crippen LogP contribution in [0.25, 0.3) is 0 Å². The standard InChI is InChI=1S/C19H21N5O/c1-13-9-17(23-24(13)2)18(25)11-14-5-3-6-15(10-14)12-22-16-7-4-8-21-19(16)20/h3-10,22H,11-12H2,1-2H3,(H2,20,21). The summed E-state index contributed by atoms with van der Waals surface area (Å²) in [7, 11) is 1.84. The van der Waals surface area contributed by atoms with Crippen LogP contribution in [0.5, 0.6) is 0 Å². The zero-order valence-corrected chi connectivity index (χ0v) is 14.4. The molecule has 0 atom stereocenters. The minimum absolute atomic E-state index is 0.0188. The number of hydrogen-bond donors (Lipinski definition) is 2. The molecule has 1 aromatic carbocycles. The minimum Gasteiger partial charge on any atom is -0.382 e. The first kappa shape index (κ1) is 16.7. The molecule has 0 radical (unpaired) electrons. The van der Waals surface area contributed by atoms with E-state index in [1.54, 1.807) is 10.9 Å². The lowest BCUT2D eigenvalue weighted by atomic mass is 10.0. The second-order valence-electron chi connectivity index (χ2n) is 6.00. The van der Waals surface area contributed by atoms with Crippen LogP contribution in [0.15, 0.2) is 48.7 Å². The van der Waals surface area contributed by atoms with Gasteiger partial charge in [0.1, 0.15) is 11.5 Å². The molecule has 0 bridgehead atoms. The van der Waals surface area contributed by atoms with E-state index < -0.39 is 0 Å². The van der Waals surface area contributed by atoms with E-state index in [0.717, 1.165) is 22.5 Å². The molecule has 0 aliphatic carbocycles. The Morgan fingerprint density at radius 3 is 2.72 bits per heavy atom. The summed E-state index contributed by atoms with van der Waals surface area (Å²) in [4.78, 5) is 16.5. The van der Waals surface area contributed by atoms with Crippen LogP contribution in [0.4, 0.5) is 11.5 Å². The third-order valence-corrected chi connectivity index (χ3v) is 4.08. The highest BCUT2D eigenvalue weighted by Crippen LogP contribution is 2.16. The van der Waals surface area contributed by atoms with Crippen molar-refractivity contribution in [3.8, 4) is 0 Å². The Kier molecular flexibility index (Phi) is 4.79. The molecule has 3 N–H and O–H groups in total. The first-order valence-corrected chi connectivity index (χ1v) is 8.09. The van der Waals surface area contributed by atoms with Crippen molar-refractivity contribution in [3.63, 3.8) is 0 Å². The molecule has 0 aliphatic rings. The molecule has 0 spiro atoms. The SMILES string of the molecule is Cc1cc(C(=O)Cc2cccc(CNc3cccnc3N)c2)nn1C. The number of aryl methyl sites for hydroxylation is 2. The fraction of sp³-hybridized carbons (Fsp3) is 0.211. The second kappa shape index (κ2) is 7.17. The maximum absolute atomic E-state index is 12.4. The van der Waals surface area contributed by atoms with Gasteiger partial charge in [0.05, 0.1) is 5.69 Å². The molecular formula is C19H21N5O. The number of carbonyl (C=O) groups is 1. The van der Waals surface area contributed by atoms with Crippen LogP contribution in [-0.4, -0.2) is 20.5 Å². The summed E-state index contributed by atoms with van der Waals surface area (Å²) in [6, 6.07) is 13.5. The van der Waals surface area contributed by atoms with E-state index in [-0.39, 0.29) is 5.78 Å². The van der Waals surface area contributed by atoms with Crippen molar-refractivity contribution in [2.24, 2.45) is 7.05 Å². The van der Waals surface area contributed by atoms with Crippen molar-refractivity contribution in [1.29, 1.82) is 0 Å². The van der Waals surface area contributed by atoms with Gasteiger partial charge in [-0.1, -0.05) is 24.3 Å². The lowest BCUT2D eigenvalue weighted by molar-refractivity contribution is 0.0987. The first-order chi connectivity index (χ1) is 12.0. The molecule has 0 fully saturated rings. The average Bonchev–Trinajstić information content (AvgIpc) is 2.94. The van der Waals surface area contributed by atoms with Crippen molar-refractivity contribution >= 4 is 17.3 Å². The Labute approximate surface area is 146 Å². The summed E-state index contributed by atoms with van der Waals surface area (Å²) < 4.78 is 1.71. The zero-order valence-electron chi connectivity index (χ0n) is 14.4. The van der Waals surface area contributed by atoms with Gasteiger partial charge in [0.2, 0.25) is 0 Å². The molecule has 0 saturated heterocycles. The van der Waals surface area contributed by atoms with Crippen LogP contribution in [0.3, 0.4) is 0 Å². The predicted molar refractivity (Wildman–Crippen MR) is 98.4 cm³/mol. The van der Waals surface area contributed by atoms with E-state index >= 15 is 0 Å². The molecular weight excluding hydrogens is 314 g/mol. The van der Waals surface area contributed by atoms with E-state index in [9.17, 15) is 4.79 Å². The zero-order chi connectivity index (χ0) is 17.8. The summed E-state index contributed by atoms with van der Waals surface area (Å²) in [5.41, 5.74) is 10.1. The number of carbonyl (C=O) groups excluding carboxylic acids is 1. The van der Waals surface area contributed by atoms with Gasteiger partial charge in [0, 0.05) is 31.9 Å². The molecule has 6 nitrogen and oxygen atoms in total. The Hall–Kier alpha value is -3.15. The Balaban J connectivity index is 1.67. The number of ketones is 1. The van der Waals surface area contributed by atoms with Gasteiger partial charge in [-0.25, -0.2) is 4.98 Å². The first-order valence-electron chi connectivity index (χ1n) is 8.09. The number of benzene rings is 1. The highest BCUT2D eigenvalue weighted by atomic mass is 16.1. The van der Waals surface area contributed by atoms with Crippen molar-refractivity contribution < 1.29 is 4.79 Å². The maximum Gasteiger partial charge on any atom is 0.187 e. The summed E-state index contributed by atoms with van der Waals surface area (Å²) in [5, 5.41) is 7.51. The molecule has 0 unspecified atom stereocenters. The highest BCUT2D eigenvalue weighted by Gasteiger charge is 2.12. The number of Topliss-reactive ketones (excluding diaryl/α,β-unsaturated/α-hetero) is 1. The number of pyridine rings is 1. The Morgan fingerprint density at radius 1 is 1.20 bits per heavy atom. The number of nitrogen functional groups attached to an aromatic ring is 1. The van der Waals surface area contributed by atoms with E-state index in [1.165, 1.54) is 0 Å². The molecule has 0 aliphatic heterocycles. The van der Waals surface area contributed by atoms with Crippen molar-refractivity contribution in [3.05, 3.63) is 71.2 Å². The lowest BCUT2D eigenvalue weighted by Gasteiger charge is -2.09. The van der Waals surface area contributed by atoms with E-state index in [4.69, 9.17) is 5.73 Å². The van der Waals surface area contributed by atoms with Crippen LogP contribution >= 0.6 is 0 Å². The van der Waals surface area contributed by atoms with Crippen LogP contribution in [0, 0.1) is 6.92 Å². The average molecular weight is 335 g/mol. The third-order valence-electron chi connectivity index (χ3n) is 4.08. The van der Waals surface area contributed by atoms with Crippen LogP contribution < -0.4 is 11.1 Å². The lowest BCUT2D eigenvalue weighted by Crippen LogP contribution is -2.07. The molecule has 2 aromatic heterocycles.